The summed E-state index contributed by atoms with van der Waals surface area (Å²) in [5.41, 5.74) is 4.13. The lowest BCUT2D eigenvalue weighted by Crippen LogP contribution is -2.46. The normalized spacial score (nSPS) is 12.4. The van der Waals surface area contributed by atoms with Crippen molar-refractivity contribution in [2.24, 2.45) is 0 Å². The molecule has 134 valence electrons. The Balaban J connectivity index is 2.86. The van der Waals surface area contributed by atoms with E-state index in [1.807, 2.05) is 0 Å². The van der Waals surface area contributed by atoms with E-state index in [1.165, 1.54) is 6.92 Å². The van der Waals surface area contributed by atoms with Crippen LogP contribution in [0.2, 0.25) is 0 Å². The van der Waals surface area contributed by atoms with Crippen LogP contribution in [0.1, 0.15) is 26.3 Å². The van der Waals surface area contributed by atoms with Crippen LogP contribution >= 0.6 is 0 Å². The van der Waals surface area contributed by atoms with E-state index in [1.54, 1.807) is 20.8 Å². The second-order valence-corrected chi connectivity index (χ2v) is 6.06. The molecular formula is C15H20F2N2O5. The van der Waals surface area contributed by atoms with E-state index in [4.69, 9.17) is 20.3 Å². The average molecular weight is 346 g/mol. The quantitative estimate of drug-likeness (QED) is 0.705. The summed E-state index contributed by atoms with van der Waals surface area (Å²) in [5, 5.41) is 11.2. The second kappa shape index (κ2) is 7.33. The van der Waals surface area contributed by atoms with E-state index in [9.17, 15) is 18.4 Å². The molecule has 0 spiro atoms. The van der Waals surface area contributed by atoms with Crippen LogP contribution < -0.4 is 15.8 Å². The van der Waals surface area contributed by atoms with Crippen molar-refractivity contribution in [2.75, 3.05) is 12.3 Å². The van der Waals surface area contributed by atoms with Crippen LogP contribution in [0.15, 0.2) is 6.07 Å². The lowest BCUT2D eigenvalue weighted by molar-refractivity contribution is -0.140. The molecule has 24 heavy (non-hydrogen) atoms. The number of carboxylic acids is 1. The molecule has 7 nitrogen and oxygen atoms in total. The van der Waals surface area contributed by atoms with Gasteiger partial charge in [0.2, 0.25) is 0 Å². The number of halogens is 2. The minimum atomic E-state index is -1.50. The Morgan fingerprint density at radius 2 is 1.92 bits per heavy atom. The molecule has 1 rings (SSSR count). The highest BCUT2D eigenvalue weighted by atomic mass is 19.1. The molecule has 0 saturated heterocycles. The van der Waals surface area contributed by atoms with E-state index in [2.05, 4.69) is 5.32 Å². The van der Waals surface area contributed by atoms with E-state index < -0.39 is 47.6 Å². The van der Waals surface area contributed by atoms with Crippen LogP contribution in [0.25, 0.3) is 0 Å². The first kappa shape index (κ1) is 19.5. The molecule has 4 N–H and O–H groups in total. The van der Waals surface area contributed by atoms with E-state index in [-0.39, 0.29) is 11.3 Å². The van der Waals surface area contributed by atoms with Crippen LogP contribution in [0.4, 0.5) is 19.3 Å². The number of nitrogens with one attached hydrogen (secondary N) is 1. The third kappa shape index (κ3) is 5.25. The van der Waals surface area contributed by atoms with Gasteiger partial charge in [-0.25, -0.2) is 18.4 Å². The number of nitrogen functional groups attached to an aromatic ring is 1. The number of hydrogen-bond acceptors (Lipinski definition) is 5. The minimum Gasteiger partial charge on any atom is -0.488 e. The largest absolute Gasteiger partial charge is 0.488 e. The number of nitrogens with two attached hydrogens (primary N) is 1. The lowest BCUT2D eigenvalue weighted by Gasteiger charge is -2.22. The van der Waals surface area contributed by atoms with Crippen molar-refractivity contribution in [1.29, 1.82) is 0 Å². The smallest absolute Gasteiger partial charge is 0.408 e. The zero-order valence-electron chi connectivity index (χ0n) is 13.8. The van der Waals surface area contributed by atoms with Gasteiger partial charge in [-0.1, -0.05) is 0 Å². The van der Waals surface area contributed by atoms with Crippen molar-refractivity contribution in [3.63, 3.8) is 0 Å². The van der Waals surface area contributed by atoms with Gasteiger partial charge in [0.15, 0.2) is 17.6 Å². The van der Waals surface area contributed by atoms with Gasteiger partial charge in [0.25, 0.3) is 0 Å². The first-order valence-corrected chi connectivity index (χ1v) is 7.01. The zero-order chi connectivity index (χ0) is 18.7. The molecule has 0 aliphatic heterocycles. The maximum absolute atomic E-state index is 13.5. The molecule has 1 aromatic rings. The number of aliphatic carboxylic acids is 1. The third-order valence-corrected chi connectivity index (χ3v) is 2.84. The Bertz CT molecular complexity index is 617. The number of ether oxygens (including phenoxy) is 2. The number of alkyl carbamates (subject to hydrolysis) is 1. The van der Waals surface area contributed by atoms with Crippen LogP contribution in [-0.2, 0) is 9.53 Å². The van der Waals surface area contributed by atoms with E-state index in [0.717, 1.165) is 0 Å². The number of rotatable bonds is 5. The maximum atomic E-state index is 13.5. The van der Waals surface area contributed by atoms with Crippen molar-refractivity contribution >= 4 is 17.7 Å². The van der Waals surface area contributed by atoms with Gasteiger partial charge in [-0.3, -0.25) is 0 Å². The summed E-state index contributed by atoms with van der Waals surface area (Å²) in [7, 11) is 0. The Kier molecular flexibility index (Phi) is 5.94. The van der Waals surface area contributed by atoms with Crippen LogP contribution in [0.5, 0.6) is 5.75 Å². The van der Waals surface area contributed by atoms with Gasteiger partial charge in [0.05, 0.1) is 0 Å². The monoisotopic (exact) mass is 346 g/mol. The molecule has 0 saturated carbocycles. The molecule has 0 aliphatic carbocycles. The molecule has 0 aromatic heterocycles. The number of benzene rings is 1. The maximum Gasteiger partial charge on any atom is 0.408 e. The topological polar surface area (TPSA) is 111 Å². The van der Waals surface area contributed by atoms with Crippen LogP contribution in [0, 0.1) is 18.6 Å². The molecule has 0 aliphatic rings. The van der Waals surface area contributed by atoms with Gasteiger partial charge < -0.3 is 25.6 Å². The zero-order valence-corrected chi connectivity index (χ0v) is 13.8. The fraction of sp³-hybridized carbons (Fsp3) is 0.467. The van der Waals surface area contributed by atoms with Crippen LogP contribution in [-0.4, -0.2) is 35.4 Å². The van der Waals surface area contributed by atoms with Gasteiger partial charge in [0.1, 0.15) is 23.7 Å². The summed E-state index contributed by atoms with van der Waals surface area (Å²) in [4.78, 5) is 22.8. The van der Waals surface area contributed by atoms with Crippen molar-refractivity contribution in [2.45, 2.75) is 39.3 Å². The molecule has 1 amide bonds. The molecule has 0 radical (unpaired) electrons. The number of carbonyl (C=O) groups is 2. The number of hydrogen-bond donors (Lipinski definition) is 3. The molecule has 1 unspecified atom stereocenters. The van der Waals surface area contributed by atoms with Crippen molar-refractivity contribution in [3.8, 4) is 5.75 Å². The lowest BCUT2D eigenvalue weighted by atomic mass is 10.1. The SMILES string of the molecule is Cc1c(F)cc(F)c(N)c1OCC(NC(=O)OC(C)(C)C)C(=O)O. The van der Waals surface area contributed by atoms with Gasteiger partial charge in [0, 0.05) is 11.6 Å². The predicted molar refractivity (Wildman–Crippen MR) is 81.8 cm³/mol. The molecule has 1 aromatic carbocycles. The highest BCUT2D eigenvalue weighted by molar-refractivity contribution is 5.80. The summed E-state index contributed by atoms with van der Waals surface area (Å²) in [5.74, 6) is -3.64. The molecule has 0 fully saturated rings. The predicted octanol–water partition coefficient (Wildman–Crippen LogP) is 2.21. The summed E-state index contributed by atoms with van der Waals surface area (Å²) in [6.45, 7) is 5.54. The number of carboxylic acid groups (broad SMARTS) is 1. The fourth-order valence-corrected chi connectivity index (χ4v) is 1.69. The minimum absolute atomic E-state index is 0.0738. The molecule has 9 heteroatoms. The highest BCUT2D eigenvalue weighted by Gasteiger charge is 2.26. The van der Waals surface area contributed by atoms with Gasteiger partial charge in [-0.05, 0) is 27.7 Å². The van der Waals surface area contributed by atoms with Crippen molar-refractivity contribution in [3.05, 3.63) is 23.3 Å². The Morgan fingerprint density at radius 1 is 1.33 bits per heavy atom. The molecule has 1 atom stereocenters. The average Bonchev–Trinajstić information content (AvgIpc) is 2.41. The molecule has 0 bridgehead atoms. The highest BCUT2D eigenvalue weighted by Crippen LogP contribution is 2.30. The van der Waals surface area contributed by atoms with Crippen LogP contribution in [0.3, 0.4) is 0 Å². The van der Waals surface area contributed by atoms with Crippen molar-refractivity contribution < 1.29 is 33.0 Å². The first-order valence-electron chi connectivity index (χ1n) is 7.01. The first-order chi connectivity index (χ1) is 10.9. The standard InChI is InChI=1S/C15H20F2N2O5/c1-7-8(16)5-9(17)11(18)12(7)23-6-10(13(20)21)19-14(22)24-15(2,3)4/h5,10H,6,18H2,1-4H3,(H,19,22)(H,20,21). The number of carbonyl (C=O) groups excluding carboxylic acids is 1. The van der Waals surface area contributed by atoms with Gasteiger partial charge >= 0.3 is 12.1 Å². The fourth-order valence-electron chi connectivity index (χ4n) is 1.69. The Hall–Kier alpha value is -2.58. The molecular weight excluding hydrogens is 326 g/mol. The number of amides is 1. The van der Waals surface area contributed by atoms with E-state index >= 15 is 0 Å². The summed E-state index contributed by atoms with van der Waals surface area (Å²) in [6, 6.07) is -0.893. The summed E-state index contributed by atoms with van der Waals surface area (Å²) < 4.78 is 37.0. The Morgan fingerprint density at radius 3 is 2.42 bits per heavy atom. The molecule has 0 heterocycles. The van der Waals surface area contributed by atoms with Gasteiger partial charge in [-0.15, -0.1) is 0 Å². The summed E-state index contributed by atoms with van der Waals surface area (Å²) in [6.07, 6.45) is -0.964. The van der Waals surface area contributed by atoms with Gasteiger partial charge in [-0.2, -0.15) is 0 Å². The second-order valence-electron chi connectivity index (χ2n) is 6.06. The number of anilines is 1. The Labute approximate surface area is 137 Å². The summed E-state index contributed by atoms with van der Waals surface area (Å²) >= 11 is 0. The third-order valence-electron chi connectivity index (χ3n) is 2.84. The van der Waals surface area contributed by atoms with E-state index in [0.29, 0.717) is 6.07 Å². The van der Waals surface area contributed by atoms with Crippen molar-refractivity contribution in [1.82, 2.24) is 5.32 Å².